The van der Waals surface area contributed by atoms with Crippen molar-refractivity contribution in [2.75, 3.05) is 39.9 Å². The number of hydrogen-bond donors (Lipinski definition) is 1. The lowest BCUT2D eigenvalue weighted by molar-refractivity contribution is -0.132. The van der Waals surface area contributed by atoms with Gasteiger partial charge in [0.05, 0.1) is 26.2 Å². The summed E-state index contributed by atoms with van der Waals surface area (Å²) in [5.41, 5.74) is 0.841. The standard InChI is InChI=1S/C22H33N3O5/c1-16(2)15-30-22(28)25-11-5-10-24(12-13-25)21(27)14-20(23-17(3)26)18-6-8-19(29-4)9-7-18/h6-9,16,20H,5,10-15H2,1-4H3,(H,23,26). The predicted molar refractivity (Wildman–Crippen MR) is 113 cm³/mol. The lowest BCUT2D eigenvalue weighted by Gasteiger charge is -2.25. The summed E-state index contributed by atoms with van der Waals surface area (Å²) in [4.78, 5) is 40.2. The van der Waals surface area contributed by atoms with Gasteiger partial charge in [-0.15, -0.1) is 0 Å². The number of amides is 3. The number of benzene rings is 1. The Kier molecular flexibility index (Phi) is 8.95. The zero-order valence-electron chi connectivity index (χ0n) is 18.3. The molecule has 0 saturated carbocycles. The van der Waals surface area contributed by atoms with Crippen molar-refractivity contribution >= 4 is 17.9 Å². The van der Waals surface area contributed by atoms with E-state index in [1.165, 1.54) is 6.92 Å². The fraction of sp³-hybridized carbons (Fsp3) is 0.591. The number of carbonyl (C=O) groups is 3. The molecule has 30 heavy (non-hydrogen) atoms. The van der Waals surface area contributed by atoms with Crippen molar-refractivity contribution in [2.24, 2.45) is 5.92 Å². The largest absolute Gasteiger partial charge is 0.497 e. The molecular formula is C22H33N3O5. The molecule has 1 aromatic rings. The molecule has 1 atom stereocenters. The Morgan fingerprint density at radius 1 is 1.03 bits per heavy atom. The Hall–Kier alpha value is -2.77. The Labute approximate surface area is 178 Å². The first-order valence-corrected chi connectivity index (χ1v) is 10.4. The maximum atomic E-state index is 12.9. The van der Waals surface area contributed by atoms with Gasteiger partial charge in [-0.3, -0.25) is 9.59 Å². The van der Waals surface area contributed by atoms with Gasteiger partial charge in [-0.2, -0.15) is 0 Å². The molecule has 1 aromatic carbocycles. The molecule has 1 N–H and O–H groups in total. The van der Waals surface area contributed by atoms with E-state index in [1.807, 2.05) is 26.0 Å². The van der Waals surface area contributed by atoms with Gasteiger partial charge >= 0.3 is 6.09 Å². The average molecular weight is 420 g/mol. The van der Waals surface area contributed by atoms with Gasteiger partial charge in [0.1, 0.15) is 5.75 Å². The zero-order chi connectivity index (χ0) is 22.1. The van der Waals surface area contributed by atoms with Crippen molar-refractivity contribution < 1.29 is 23.9 Å². The van der Waals surface area contributed by atoms with Crippen LogP contribution < -0.4 is 10.1 Å². The molecule has 8 nitrogen and oxygen atoms in total. The Morgan fingerprint density at radius 2 is 1.67 bits per heavy atom. The molecule has 0 spiro atoms. The van der Waals surface area contributed by atoms with Gasteiger partial charge in [0.2, 0.25) is 11.8 Å². The molecule has 0 radical (unpaired) electrons. The molecule has 0 aromatic heterocycles. The van der Waals surface area contributed by atoms with Crippen LogP contribution in [0, 0.1) is 5.92 Å². The van der Waals surface area contributed by atoms with Crippen LogP contribution in [0.15, 0.2) is 24.3 Å². The van der Waals surface area contributed by atoms with Gasteiger partial charge in [0, 0.05) is 33.1 Å². The molecule has 1 unspecified atom stereocenters. The van der Waals surface area contributed by atoms with Gasteiger partial charge in [0.25, 0.3) is 0 Å². The molecule has 8 heteroatoms. The average Bonchev–Trinajstić information content (AvgIpc) is 2.97. The summed E-state index contributed by atoms with van der Waals surface area (Å²) in [6, 6.07) is 6.89. The highest BCUT2D eigenvalue weighted by atomic mass is 16.6. The summed E-state index contributed by atoms with van der Waals surface area (Å²) in [6.45, 7) is 7.83. The highest BCUT2D eigenvalue weighted by Gasteiger charge is 2.25. The van der Waals surface area contributed by atoms with Gasteiger partial charge in [-0.05, 0) is 30.0 Å². The van der Waals surface area contributed by atoms with Gasteiger partial charge in [-0.25, -0.2) is 4.79 Å². The van der Waals surface area contributed by atoms with E-state index in [4.69, 9.17) is 9.47 Å². The van der Waals surface area contributed by atoms with E-state index in [0.29, 0.717) is 45.0 Å². The molecule has 0 aliphatic carbocycles. The monoisotopic (exact) mass is 419 g/mol. The van der Waals surface area contributed by atoms with Crippen molar-refractivity contribution in [2.45, 2.75) is 39.7 Å². The van der Waals surface area contributed by atoms with Crippen LogP contribution >= 0.6 is 0 Å². The fourth-order valence-corrected chi connectivity index (χ4v) is 3.32. The Bertz CT molecular complexity index is 720. The molecule has 0 bridgehead atoms. The van der Waals surface area contributed by atoms with Crippen LogP contribution in [-0.4, -0.2) is 67.6 Å². The van der Waals surface area contributed by atoms with E-state index in [-0.39, 0.29) is 30.2 Å². The smallest absolute Gasteiger partial charge is 0.409 e. The molecule has 1 aliphatic rings. The first-order valence-electron chi connectivity index (χ1n) is 10.4. The maximum absolute atomic E-state index is 12.9. The number of nitrogens with one attached hydrogen (secondary N) is 1. The van der Waals surface area contributed by atoms with E-state index in [9.17, 15) is 14.4 Å². The SMILES string of the molecule is COc1ccc(C(CC(=O)N2CCCN(C(=O)OCC(C)C)CC2)NC(C)=O)cc1. The molecule has 1 fully saturated rings. The highest BCUT2D eigenvalue weighted by Crippen LogP contribution is 2.22. The summed E-state index contributed by atoms with van der Waals surface area (Å²) in [5, 5.41) is 2.86. The topological polar surface area (TPSA) is 88.2 Å². The quantitative estimate of drug-likeness (QED) is 0.734. The first-order chi connectivity index (χ1) is 14.3. The minimum Gasteiger partial charge on any atom is -0.497 e. The zero-order valence-corrected chi connectivity index (χ0v) is 18.3. The molecule has 2 rings (SSSR count). The van der Waals surface area contributed by atoms with Gasteiger partial charge in [0.15, 0.2) is 0 Å². The lowest BCUT2D eigenvalue weighted by Crippen LogP contribution is -2.39. The third-order valence-corrected chi connectivity index (χ3v) is 4.92. The van der Waals surface area contributed by atoms with E-state index < -0.39 is 6.04 Å². The molecule has 1 saturated heterocycles. The number of carbonyl (C=O) groups excluding carboxylic acids is 3. The van der Waals surface area contributed by atoms with Crippen LogP contribution in [-0.2, 0) is 14.3 Å². The van der Waals surface area contributed by atoms with Crippen LogP contribution in [0.1, 0.15) is 45.2 Å². The van der Waals surface area contributed by atoms with Crippen molar-refractivity contribution in [1.29, 1.82) is 0 Å². The summed E-state index contributed by atoms with van der Waals surface area (Å²) >= 11 is 0. The van der Waals surface area contributed by atoms with Crippen LogP contribution in [0.2, 0.25) is 0 Å². The van der Waals surface area contributed by atoms with E-state index in [2.05, 4.69) is 5.32 Å². The second kappa shape index (κ2) is 11.4. The van der Waals surface area contributed by atoms with E-state index in [1.54, 1.807) is 29.0 Å². The summed E-state index contributed by atoms with van der Waals surface area (Å²) in [7, 11) is 1.59. The Morgan fingerprint density at radius 3 is 2.27 bits per heavy atom. The molecule has 166 valence electrons. The first kappa shape index (κ1) is 23.5. The van der Waals surface area contributed by atoms with Crippen LogP contribution in [0.4, 0.5) is 4.79 Å². The van der Waals surface area contributed by atoms with Crippen LogP contribution in [0.3, 0.4) is 0 Å². The second-order valence-electron chi connectivity index (χ2n) is 7.92. The van der Waals surface area contributed by atoms with Crippen molar-refractivity contribution in [3.05, 3.63) is 29.8 Å². The number of methoxy groups -OCH3 is 1. The molecule has 3 amide bonds. The maximum Gasteiger partial charge on any atom is 0.409 e. The number of hydrogen-bond acceptors (Lipinski definition) is 5. The summed E-state index contributed by atoms with van der Waals surface area (Å²) < 4.78 is 10.5. The van der Waals surface area contributed by atoms with Gasteiger partial charge in [-0.1, -0.05) is 26.0 Å². The molecular weight excluding hydrogens is 386 g/mol. The second-order valence-corrected chi connectivity index (χ2v) is 7.92. The molecule has 1 heterocycles. The fourth-order valence-electron chi connectivity index (χ4n) is 3.32. The Balaban J connectivity index is 1.97. The van der Waals surface area contributed by atoms with Crippen molar-refractivity contribution in [3.63, 3.8) is 0 Å². The number of nitrogens with zero attached hydrogens (tertiary/aromatic N) is 2. The minimum absolute atomic E-state index is 0.0537. The van der Waals surface area contributed by atoms with Crippen molar-refractivity contribution in [3.8, 4) is 5.75 Å². The summed E-state index contributed by atoms with van der Waals surface area (Å²) in [5.74, 6) is 0.742. The number of ether oxygens (including phenoxy) is 2. The minimum atomic E-state index is -0.420. The van der Waals surface area contributed by atoms with Crippen molar-refractivity contribution in [1.82, 2.24) is 15.1 Å². The normalized spacial score (nSPS) is 15.4. The summed E-state index contributed by atoms with van der Waals surface area (Å²) in [6.07, 6.45) is 0.520. The third kappa shape index (κ3) is 7.24. The number of rotatable bonds is 7. The van der Waals surface area contributed by atoms with Gasteiger partial charge < -0.3 is 24.6 Å². The lowest BCUT2D eigenvalue weighted by atomic mass is 10.0. The van der Waals surface area contributed by atoms with E-state index in [0.717, 1.165) is 5.56 Å². The van der Waals surface area contributed by atoms with Crippen LogP contribution in [0.5, 0.6) is 5.75 Å². The third-order valence-electron chi connectivity index (χ3n) is 4.92. The van der Waals surface area contributed by atoms with E-state index >= 15 is 0 Å². The highest BCUT2D eigenvalue weighted by molar-refractivity contribution is 5.79. The van der Waals surface area contributed by atoms with Crippen LogP contribution in [0.25, 0.3) is 0 Å². The predicted octanol–water partition coefficient (Wildman–Crippen LogP) is 2.59. The molecule has 1 aliphatic heterocycles.